The smallest absolute Gasteiger partial charge is 0.224 e. The third-order valence-electron chi connectivity index (χ3n) is 1.50. The van der Waals surface area contributed by atoms with Crippen LogP contribution in [0.15, 0.2) is 0 Å². The second-order valence-corrected chi connectivity index (χ2v) is 2.59. The van der Waals surface area contributed by atoms with Gasteiger partial charge in [-0.05, 0) is 0 Å². The molecule has 0 fully saturated rings. The molecule has 0 aromatic heterocycles. The molecule has 0 aliphatic rings. The molecule has 0 bridgehead atoms. The first-order valence-corrected chi connectivity index (χ1v) is 3.54. The average molecular weight is 160 g/mol. The maximum absolute atomic E-state index is 11.1. The lowest BCUT2D eigenvalue weighted by molar-refractivity contribution is -0.131. The molecule has 0 aromatic rings. The fourth-order valence-electron chi connectivity index (χ4n) is 0.640. The summed E-state index contributed by atoms with van der Waals surface area (Å²) in [5.41, 5.74) is 5.34. The van der Waals surface area contributed by atoms with Crippen molar-refractivity contribution in [3.05, 3.63) is 0 Å². The maximum atomic E-state index is 11.1. The Labute approximate surface area is 67.3 Å². The summed E-state index contributed by atoms with van der Waals surface area (Å²) in [4.78, 5) is 12.6. The molecule has 11 heavy (non-hydrogen) atoms. The highest BCUT2D eigenvalue weighted by Gasteiger charge is 2.11. The van der Waals surface area contributed by atoms with Gasteiger partial charge in [0, 0.05) is 27.7 Å². The van der Waals surface area contributed by atoms with Gasteiger partial charge in [-0.25, -0.2) is 0 Å². The maximum Gasteiger partial charge on any atom is 0.224 e. The van der Waals surface area contributed by atoms with Gasteiger partial charge in [0.1, 0.15) is 0 Å². The van der Waals surface area contributed by atoms with Gasteiger partial charge in [-0.15, -0.1) is 0 Å². The van der Waals surface area contributed by atoms with Crippen molar-refractivity contribution in [2.45, 2.75) is 12.5 Å². The molecule has 0 radical (unpaired) electrons. The van der Waals surface area contributed by atoms with Crippen LogP contribution in [0.2, 0.25) is 0 Å². The highest BCUT2D eigenvalue weighted by atomic mass is 16.5. The third kappa shape index (κ3) is 3.95. The zero-order valence-electron chi connectivity index (χ0n) is 7.33. The second-order valence-electron chi connectivity index (χ2n) is 2.59. The normalized spacial score (nSPS) is 12.7. The Kier molecular flexibility index (Phi) is 4.81. The number of ether oxygens (including phenoxy) is 1. The number of methoxy groups -OCH3 is 1. The topological polar surface area (TPSA) is 55.6 Å². The first-order valence-electron chi connectivity index (χ1n) is 3.54. The molecule has 2 N–H and O–H groups in total. The Bertz CT molecular complexity index is 122. The van der Waals surface area contributed by atoms with Gasteiger partial charge in [0.25, 0.3) is 0 Å². The van der Waals surface area contributed by atoms with E-state index in [0.29, 0.717) is 13.0 Å². The number of rotatable bonds is 4. The number of hydrogen-bond acceptors (Lipinski definition) is 3. The van der Waals surface area contributed by atoms with E-state index in [9.17, 15) is 4.79 Å². The van der Waals surface area contributed by atoms with E-state index in [-0.39, 0.29) is 12.0 Å². The van der Waals surface area contributed by atoms with Crippen LogP contribution >= 0.6 is 0 Å². The predicted molar refractivity (Wildman–Crippen MR) is 43.2 cm³/mol. The van der Waals surface area contributed by atoms with Gasteiger partial charge >= 0.3 is 0 Å². The zero-order valence-corrected chi connectivity index (χ0v) is 7.33. The van der Waals surface area contributed by atoms with E-state index >= 15 is 0 Å². The van der Waals surface area contributed by atoms with E-state index in [0.717, 1.165) is 0 Å². The van der Waals surface area contributed by atoms with E-state index in [1.165, 1.54) is 4.90 Å². The van der Waals surface area contributed by atoms with Gasteiger partial charge in [-0.1, -0.05) is 0 Å². The zero-order chi connectivity index (χ0) is 8.85. The highest BCUT2D eigenvalue weighted by Crippen LogP contribution is 1.96. The molecule has 66 valence electrons. The van der Waals surface area contributed by atoms with Gasteiger partial charge in [0.15, 0.2) is 0 Å². The first kappa shape index (κ1) is 10.4. The summed E-state index contributed by atoms with van der Waals surface area (Å²) < 4.78 is 4.95. The van der Waals surface area contributed by atoms with Crippen molar-refractivity contribution in [1.82, 2.24) is 4.90 Å². The van der Waals surface area contributed by atoms with Gasteiger partial charge in [-0.2, -0.15) is 0 Å². The lowest BCUT2D eigenvalue weighted by atomic mass is 10.2. The lowest BCUT2D eigenvalue weighted by Gasteiger charge is -2.15. The lowest BCUT2D eigenvalue weighted by Crippen LogP contribution is -2.31. The Hall–Kier alpha value is -0.610. The van der Waals surface area contributed by atoms with Crippen LogP contribution in [0, 0.1) is 0 Å². The van der Waals surface area contributed by atoms with Crippen LogP contribution in [0.3, 0.4) is 0 Å². The van der Waals surface area contributed by atoms with Crippen molar-refractivity contribution in [3.63, 3.8) is 0 Å². The molecule has 1 atom stereocenters. The van der Waals surface area contributed by atoms with E-state index in [1.54, 1.807) is 21.2 Å². The SMILES string of the molecule is COC(CN)CC(=O)N(C)C. The summed E-state index contributed by atoms with van der Waals surface area (Å²) in [6, 6.07) is 0. The largest absolute Gasteiger partial charge is 0.380 e. The average Bonchev–Trinajstić information content (AvgIpc) is 1.99. The van der Waals surface area contributed by atoms with Crippen molar-refractivity contribution < 1.29 is 9.53 Å². The summed E-state index contributed by atoms with van der Waals surface area (Å²) in [6.07, 6.45) is 0.213. The Morgan fingerprint density at radius 2 is 2.18 bits per heavy atom. The van der Waals surface area contributed by atoms with Crippen LogP contribution in [0.4, 0.5) is 0 Å². The van der Waals surface area contributed by atoms with Crippen molar-refractivity contribution in [2.24, 2.45) is 5.73 Å². The molecular weight excluding hydrogens is 144 g/mol. The third-order valence-corrected chi connectivity index (χ3v) is 1.50. The Morgan fingerprint density at radius 1 is 1.64 bits per heavy atom. The molecule has 0 saturated carbocycles. The molecule has 0 spiro atoms. The second kappa shape index (κ2) is 5.09. The minimum absolute atomic E-state index is 0.0438. The van der Waals surface area contributed by atoms with Crippen molar-refractivity contribution >= 4 is 5.91 Å². The van der Waals surface area contributed by atoms with E-state index < -0.39 is 0 Å². The Morgan fingerprint density at radius 3 is 2.45 bits per heavy atom. The number of hydrogen-bond donors (Lipinski definition) is 1. The standard InChI is InChI=1S/C7H16N2O2/c1-9(2)7(10)4-6(5-8)11-3/h6H,4-5,8H2,1-3H3. The van der Waals surface area contributed by atoms with E-state index in [4.69, 9.17) is 10.5 Å². The minimum Gasteiger partial charge on any atom is -0.380 e. The molecule has 0 aliphatic heterocycles. The number of nitrogens with two attached hydrogens (primary N) is 1. The first-order chi connectivity index (χ1) is 5.11. The van der Waals surface area contributed by atoms with Crippen LogP contribution in [0.5, 0.6) is 0 Å². The van der Waals surface area contributed by atoms with Crippen molar-refractivity contribution in [3.8, 4) is 0 Å². The van der Waals surface area contributed by atoms with Gasteiger partial charge < -0.3 is 15.4 Å². The fraction of sp³-hybridized carbons (Fsp3) is 0.857. The van der Waals surface area contributed by atoms with Crippen LogP contribution < -0.4 is 5.73 Å². The molecule has 0 rings (SSSR count). The van der Waals surface area contributed by atoms with Crippen LogP contribution in [0.1, 0.15) is 6.42 Å². The minimum atomic E-state index is -0.148. The van der Waals surface area contributed by atoms with Crippen molar-refractivity contribution in [1.29, 1.82) is 0 Å². The van der Waals surface area contributed by atoms with Crippen LogP contribution in [-0.4, -0.2) is 44.7 Å². The summed E-state index contributed by atoms with van der Waals surface area (Å²) in [5, 5.41) is 0. The van der Waals surface area contributed by atoms with Crippen molar-refractivity contribution in [2.75, 3.05) is 27.7 Å². The molecule has 1 unspecified atom stereocenters. The van der Waals surface area contributed by atoms with E-state index in [1.807, 2.05) is 0 Å². The van der Waals surface area contributed by atoms with Crippen LogP contribution in [0.25, 0.3) is 0 Å². The molecule has 1 amide bonds. The Balaban J connectivity index is 3.72. The summed E-state index contributed by atoms with van der Waals surface area (Å²) in [6.45, 7) is 0.385. The number of amides is 1. The quantitative estimate of drug-likeness (QED) is 0.599. The summed E-state index contributed by atoms with van der Waals surface area (Å²) in [7, 11) is 4.98. The number of carbonyl (C=O) groups is 1. The summed E-state index contributed by atoms with van der Waals surface area (Å²) >= 11 is 0. The molecular formula is C7H16N2O2. The van der Waals surface area contributed by atoms with Gasteiger partial charge in [-0.3, -0.25) is 4.79 Å². The number of carbonyl (C=O) groups excluding carboxylic acids is 1. The fourth-order valence-corrected chi connectivity index (χ4v) is 0.640. The molecule has 0 aliphatic carbocycles. The molecule has 0 aromatic carbocycles. The predicted octanol–water partition coefficient (Wildman–Crippen LogP) is -0.562. The molecule has 4 nitrogen and oxygen atoms in total. The van der Waals surface area contributed by atoms with Gasteiger partial charge in [0.2, 0.25) is 5.91 Å². The molecule has 4 heteroatoms. The molecule has 0 saturated heterocycles. The van der Waals surface area contributed by atoms with E-state index in [2.05, 4.69) is 0 Å². The molecule has 0 heterocycles. The highest BCUT2D eigenvalue weighted by molar-refractivity contribution is 5.76. The number of nitrogens with zero attached hydrogens (tertiary/aromatic N) is 1. The van der Waals surface area contributed by atoms with Gasteiger partial charge in [0.05, 0.1) is 12.5 Å². The van der Waals surface area contributed by atoms with Crippen LogP contribution in [-0.2, 0) is 9.53 Å². The monoisotopic (exact) mass is 160 g/mol. The summed E-state index contributed by atoms with van der Waals surface area (Å²) in [5.74, 6) is 0.0438.